The van der Waals surface area contributed by atoms with E-state index in [2.05, 4.69) is 5.32 Å². The number of rotatable bonds is 8. The Bertz CT molecular complexity index is 410. The molecule has 0 bridgehead atoms. The van der Waals surface area contributed by atoms with Crippen LogP contribution in [0.4, 0.5) is 0 Å². The SMILES string of the molecule is CC(=O)/C=C/CCCC[C@H]1C(=O)N[C@H]1/C=C/C(C)=O. The van der Waals surface area contributed by atoms with Crippen molar-refractivity contribution in [3.8, 4) is 0 Å². The van der Waals surface area contributed by atoms with E-state index in [1.54, 1.807) is 12.2 Å². The first-order valence-electron chi connectivity index (χ1n) is 6.67. The highest BCUT2D eigenvalue weighted by Gasteiger charge is 2.36. The summed E-state index contributed by atoms with van der Waals surface area (Å²) in [6, 6.07) is 0.00385. The van der Waals surface area contributed by atoms with E-state index in [9.17, 15) is 14.4 Å². The molecule has 1 aliphatic rings. The summed E-state index contributed by atoms with van der Waals surface area (Å²) in [7, 11) is 0. The van der Waals surface area contributed by atoms with Gasteiger partial charge >= 0.3 is 0 Å². The number of β-lactam (4-membered cyclic amide) rings is 1. The maximum Gasteiger partial charge on any atom is 0.226 e. The van der Waals surface area contributed by atoms with Gasteiger partial charge in [-0.3, -0.25) is 14.4 Å². The minimum atomic E-state index is -0.00705. The summed E-state index contributed by atoms with van der Waals surface area (Å²) in [5.74, 6) is 0.118. The molecule has 4 nitrogen and oxygen atoms in total. The van der Waals surface area contributed by atoms with Crippen LogP contribution in [0, 0.1) is 5.92 Å². The van der Waals surface area contributed by atoms with Crippen LogP contribution in [-0.2, 0) is 14.4 Å². The van der Waals surface area contributed by atoms with Crippen LogP contribution in [-0.4, -0.2) is 23.5 Å². The summed E-state index contributed by atoms with van der Waals surface area (Å²) in [4.78, 5) is 32.9. The molecule has 1 saturated heterocycles. The predicted octanol–water partition coefficient (Wildman–Crippen LogP) is 1.95. The van der Waals surface area contributed by atoms with Gasteiger partial charge in [0, 0.05) is 0 Å². The Morgan fingerprint density at radius 1 is 1.16 bits per heavy atom. The molecule has 104 valence electrons. The Labute approximate surface area is 113 Å². The van der Waals surface area contributed by atoms with Crippen molar-refractivity contribution in [1.82, 2.24) is 5.32 Å². The van der Waals surface area contributed by atoms with Gasteiger partial charge in [-0.05, 0) is 45.3 Å². The first-order valence-corrected chi connectivity index (χ1v) is 6.67. The summed E-state index contributed by atoms with van der Waals surface area (Å²) in [6.07, 6.45) is 10.3. The van der Waals surface area contributed by atoms with Gasteiger partial charge in [-0.25, -0.2) is 0 Å². The molecule has 0 aliphatic carbocycles. The van der Waals surface area contributed by atoms with Crippen LogP contribution in [0.3, 0.4) is 0 Å². The highest BCUT2D eigenvalue weighted by molar-refractivity contribution is 5.90. The highest BCUT2D eigenvalue weighted by atomic mass is 16.2. The number of hydrogen-bond acceptors (Lipinski definition) is 3. The van der Waals surface area contributed by atoms with Crippen molar-refractivity contribution in [2.75, 3.05) is 0 Å². The van der Waals surface area contributed by atoms with Gasteiger partial charge in [0.15, 0.2) is 11.6 Å². The van der Waals surface area contributed by atoms with Crippen LogP contribution in [0.2, 0.25) is 0 Å². The zero-order valence-electron chi connectivity index (χ0n) is 11.5. The summed E-state index contributed by atoms with van der Waals surface area (Å²) < 4.78 is 0. The van der Waals surface area contributed by atoms with E-state index in [1.165, 1.54) is 19.9 Å². The fraction of sp³-hybridized carbons (Fsp3) is 0.533. The molecule has 0 spiro atoms. The van der Waals surface area contributed by atoms with Gasteiger partial charge in [-0.1, -0.05) is 18.6 Å². The molecular formula is C15H21NO3. The van der Waals surface area contributed by atoms with E-state index in [-0.39, 0.29) is 29.4 Å². The first-order chi connectivity index (χ1) is 9.00. The van der Waals surface area contributed by atoms with Crippen molar-refractivity contribution < 1.29 is 14.4 Å². The molecule has 1 rings (SSSR count). The molecule has 0 aromatic heterocycles. The second kappa shape index (κ2) is 7.67. The number of carbonyl (C=O) groups excluding carboxylic acids is 3. The van der Waals surface area contributed by atoms with Crippen LogP contribution < -0.4 is 5.32 Å². The molecule has 1 heterocycles. The van der Waals surface area contributed by atoms with Crippen LogP contribution in [0.5, 0.6) is 0 Å². The molecule has 1 aliphatic heterocycles. The van der Waals surface area contributed by atoms with Crippen LogP contribution >= 0.6 is 0 Å². The van der Waals surface area contributed by atoms with E-state index < -0.39 is 0 Å². The van der Waals surface area contributed by atoms with Crippen molar-refractivity contribution in [2.45, 2.75) is 45.6 Å². The Hall–Kier alpha value is -1.71. The molecule has 2 atom stereocenters. The lowest BCUT2D eigenvalue weighted by atomic mass is 9.85. The molecule has 0 aromatic carbocycles. The lowest BCUT2D eigenvalue weighted by molar-refractivity contribution is -0.134. The molecular weight excluding hydrogens is 242 g/mol. The van der Waals surface area contributed by atoms with E-state index in [0.717, 1.165) is 25.7 Å². The van der Waals surface area contributed by atoms with Crippen molar-refractivity contribution in [1.29, 1.82) is 0 Å². The van der Waals surface area contributed by atoms with Gasteiger partial charge < -0.3 is 5.32 Å². The second-order valence-electron chi connectivity index (χ2n) is 4.91. The number of amides is 1. The quantitative estimate of drug-likeness (QED) is 0.413. The van der Waals surface area contributed by atoms with Gasteiger partial charge in [-0.2, -0.15) is 0 Å². The first kappa shape index (κ1) is 15.3. The normalized spacial score (nSPS) is 22.5. The van der Waals surface area contributed by atoms with Gasteiger partial charge in [0.2, 0.25) is 5.91 Å². The van der Waals surface area contributed by atoms with Crippen molar-refractivity contribution in [3.05, 3.63) is 24.3 Å². The van der Waals surface area contributed by atoms with Crippen molar-refractivity contribution in [2.24, 2.45) is 5.92 Å². The molecule has 4 heteroatoms. The van der Waals surface area contributed by atoms with Crippen LogP contribution in [0.1, 0.15) is 39.5 Å². The van der Waals surface area contributed by atoms with Crippen molar-refractivity contribution in [3.63, 3.8) is 0 Å². The Morgan fingerprint density at radius 3 is 2.42 bits per heavy atom. The second-order valence-corrected chi connectivity index (χ2v) is 4.91. The summed E-state index contributed by atoms with van der Waals surface area (Å²) in [5.41, 5.74) is 0. The Morgan fingerprint density at radius 2 is 1.84 bits per heavy atom. The number of ketones is 2. The van der Waals surface area contributed by atoms with E-state index in [4.69, 9.17) is 0 Å². The summed E-state index contributed by atoms with van der Waals surface area (Å²) in [5, 5.41) is 2.78. The highest BCUT2D eigenvalue weighted by Crippen LogP contribution is 2.23. The largest absolute Gasteiger partial charge is 0.349 e. The van der Waals surface area contributed by atoms with Gasteiger partial charge in [0.1, 0.15) is 0 Å². The monoisotopic (exact) mass is 263 g/mol. The average Bonchev–Trinajstić information content (AvgIpc) is 2.32. The van der Waals surface area contributed by atoms with Gasteiger partial charge in [-0.15, -0.1) is 0 Å². The Kier molecular flexibility index (Phi) is 6.19. The summed E-state index contributed by atoms with van der Waals surface area (Å²) in [6.45, 7) is 3.02. The number of carbonyl (C=O) groups is 3. The Balaban J connectivity index is 2.22. The van der Waals surface area contributed by atoms with E-state index in [1.807, 2.05) is 6.08 Å². The lowest BCUT2D eigenvalue weighted by Crippen LogP contribution is -2.56. The third-order valence-corrected chi connectivity index (χ3v) is 3.11. The third kappa shape index (κ3) is 5.64. The smallest absolute Gasteiger partial charge is 0.226 e. The predicted molar refractivity (Wildman–Crippen MR) is 73.5 cm³/mol. The molecule has 1 fully saturated rings. The fourth-order valence-corrected chi connectivity index (χ4v) is 2.05. The zero-order valence-corrected chi connectivity index (χ0v) is 11.5. The minimum Gasteiger partial charge on any atom is -0.349 e. The summed E-state index contributed by atoms with van der Waals surface area (Å²) >= 11 is 0. The standard InChI is InChI=1S/C15H21NO3/c1-11(17)7-5-3-4-6-8-13-14(16-15(13)19)10-9-12(2)18/h5,7,9-10,13-14H,3-4,6,8H2,1-2H3,(H,16,19)/b7-5+,10-9+/t13-,14+/m1/s1. The zero-order chi connectivity index (χ0) is 14.3. The average molecular weight is 263 g/mol. The molecule has 0 aromatic rings. The topological polar surface area (TPSA) is 63.2 Å². The maximum atomic E-state index is 11.4. The van der Waals surface area contributed by atoms with Gasteiger partial charge in [0.05, 0.1) is 12.0 Å². The van der Waals surface area contributed by atoms with Gasteiger partial charge in [0.25, 0.3) is 0 Å². The number of hydrogen-bond donors (Lipinski definition) is 1. The molecule has 0 unspecified atom stereocenters. The van der Waals surface area contributed by atoms with Crippen molar-refractivity contribution >= 4 is 17.5 Å². The lowest BCUT2D eigenvalue weighted by Gasteiger charge is -2.34. The van der Waals surface area contributed by atoms with E-state index >= 15 is 0 Å². The molecule has 1 N–H and O–H groups in total. The molecule has 1 amide bonds. The van der Waals surface area contributed by atoms with E-state index in [0.29, 0.717) is 0 Å². The third-order valence-electron chi connectivity index (χ3n) is 3.11. The van der Waals surface area contributed by atoms with Crippen LogP contribution in [0.15, 0.2) is 24.3 Å². The fourth-order valence-electron chi connectivity index (χ4n) is 2.05. The number of unbranched alkanes of at least 4 members (excludes halogenated alkanes) is 2. The minimum absolute atomic E-state index is 0.00385. The number of allylic oxidation sites excluding steroid dienone is 3. The molecule has 0 radical (unpaired) electrons. The molecule has 19 heavy (non-hydrogen) atoms. The number of nitrogens with one attached hydrogen (secondary N) is 1. The molecule has 0 saturated carbocycles. The van der Waals surface area contributed by atoms with Crippen LogP contribution in [0.25, 0.3) is 0 Å². The maximum absolute atomic E-state index is 11.4.